The molecule has 0 spiro atoms. The van der Waals surface area contributed by atoms with Gasteiger partial charge in [0.2, 0.25) is 5.96 Å². The lowest BCUT2D eigenvalue weighted by Gasteiger charge is -2.23. The third kappa shape index (κ3) is 6.68. The largest absolute Gasteiger partial charge is 0.372 e. The third-order valence-electron chi connectivity index (χ3n) is 2.99. The molecule has 0 aliphatic heterocycles. The quantitative estimate of drug-likeness (QED) is 0.575. The number of carbonyl (C=O) groups excluding carboxylic acids is 1. The number of anilines is 1. The highest BCUT2D eigenvalue weighted by Crippen LogP contribution is 2.16. The highest BCUT2D eigenvalue weighted by Gasteiger charge is 2.10. The van der Waals surface area contributed by atoms with Gasteiger partial charge in [0.25, 0.3) is 15.9 Å². The summed E-state index contributed by atoms with van der Waals surface area (Å²) in [7, 11) is -3.64. The molecule has 0 aliphatic rings. The Kier molecular flexibility index (Phi) is 7.02. The smallest absolute Gasteiger partial charge is 0.257 e. The minimum Gasteiger partial charge on any atom is -0.372 e. The van der Waals surface area contributed by atoms with Crippen molar-refractivity contribution in [1.82, 2.24) is 5.32 Å². The summed E-state index contributed by atoms with van der Waals surface area (Å²) in [5, 5.41) is 2.25. The van der Waals surface area contributed by atoms with Crippen LogP contribution in [0.4, 0.5) is 5.69 Å². The highest BCUT2D eigenvalue weighted by molar-refractivity contribution is 7.89. The molecule has 0 fully saturated rings. The van der Waals surface area contributed by atoms with Crippen molar-refractivity contribution in [3.8, 4) is 0 Å². The van der Waals surface area contributed by atoms with Crippen LogP contribution < -0.4 is 16.0 Å². The molecule has 0 heterocycles. The van der Waals surface area contributed by atoms with Gasteiger partial charge in [-0.05, 0) is 37.1 Å². The molecule has 0 saturated carbocycles. The fourth-order valence-electron chi connectivity index (χ4n) is 2.12. The van der Waals surface area contributed by atoms with Gasteiger partial charge in [-0.1, -0.05) is 13.8 Å². The van der Waals surface area contributed by atoms with E-state index in [0.29, 0.717) is 5.56 Å². The zero-order chi connectivity index (χ0) is 17.5. The van der Waals surface area contributed by atoms with E-state index in [4.69, 9.17) is 5.73 Å². The summed E-state index contributed by atoms with van der Waals surface area (Å²) < 4.78 is 25.2. The van der Waals surface area contributed by atoms with Crippen molar-refractivity contribution in [1.29, 1.82) is 0 Å². The summed E-state index contributed by atoms with van der Waals surface area (Å²) in [4.78, 5) is 14.2. The standard InChI is InChI=1S/C15H24N4O3S/c1-4-10-19(11-5-2)13-8-6-12(7-9-13)14(20)17-15(16)18-23(3,21)22/h6-9H,4-5,10-11H2,1-3H3,(H3,16,17,18,20). The molecule has 1 amide bonds. The number of sulfonamides is 1. The molecule has 23 heavy (non-hydrogen) atoms. The van der Waals surface area contributed by atoms with Gasteiger partial charge in [-0.3, -0.25) is 10.1 Å². The van der Waals surface area contributed by atoms with Crippen molar-refractivity contribution in [2.45, 2.75) is 26.7 Å². The third-order valence-corrected chi connectivity index (χ3v) is 3.52. The topological polar surface area (TPSA) is 105 Å². The first-order valence-corrected chi connectivity index (χ1v) is 9.33. The zero-order valence-corrected chi connectivity index (χ0v) is 14.6. The second-order valence-corrected chi connectivity index (χ2v) is 6.85. The van der Waals surface area contributed by atoms with Gasteiger partial charge >= 0.3 is 0 Å². The predicted molar refractivity (Wildman–Crippen MR) is 93.2 cm³/mol. The van der Waals surface area contributed by atoms with E-state index in [0.717, 1.165) is 37.9 Å². The minimum atomic E-state index is -3.64. The van der Waals surface area contributed by atoms with E-state index in [1.54, 1.807) is 12.1 Å². The fourth-order valence-corrected chi connectivity index (χ4v) is 2.53. The maximum Gasteiger partial charge on any atom is 0.257 e. The number of nitrogens with zero attached hydrogens (tertiary/aromatic N) is 2. The van der Waals surface area contributed by atoms with E-state index >= 15 is 0 Å². The molecule has 0 saturated heterocycles. The van der Waals surface area contributed by atoms with Gasteiger partial charge in [-0.15, -0.1) is 4.40 Å². The van der Waals surface area contributed by atoms with E-state index in [1.165, 1.54) is 0 Å². The molecule has 1 aromatic rings. The molecular weight excluding hydrogens is 316 g/mol. The van der Waals surface area contributed by atoms with Crippen molar-refractivity contribution in [2.75, 3.05) is 24.2 Å². The predicted octanol–water partition coefficient (Wildman–Crippen LogP) is 1.32. The zero-order valence-electron chi connectivity index (χ0n) is 13.7. The second kappa shape index (κ2) is 8.52. The van der Waals surface area contributed by atoms with Crippen LogP contribution in [-0.2, 0) is 10.0 Å². The Bertz CT molecular complexity index is 648. The molecule has 0 atom stereocenters. The lowest BCUT2D eigenvalue weighted by Crippen LogP contribution is -2.37. The summed E-state index contributed by atoms with van der Waals surface area (Å²) in [6.07, 6.45) is 2.98. The summed E-state index contributed by atoms with van der Waals surface area (Å²) in [5.41, 5.74) is 6.81. The maximum atomic E-state index is 12.0. The van der Waals surface area contributed by atoms with Crippen LogP contribution in [0.3, 0.4) is 0 Å². The van der Waals surface area contributed by atoms with Crippen LogP contribution in [-0.4, -0.2) is 39.6 Å². The van der Waals surface area contributed by atoms with Crippen molar-refractivity contribution in [3.63, 3.8) is 0 Å². The molecule has 128 valence electrons. The fraction of sp³-hybridized carbons (Fsp3) is 0.467. The van der Waals surface area contributed by atoms with Crippen LogP contribution in [0.2, 0.25) is 0 Å². The molecule has 1 rings (SSSR count). The summed E-state index contributed by atoms with van der Waals surface area (Å²) in [6, 6.07) is 7.09. The number of benzene rings is 1. The van der Waals surface area contributed by atoms with E-state index in [1.807, 2.05) is 12.1 Å². The lowest BCUT2D eigenvalue weighted by molar-refractivity contribution is 0.0977. The SMILES string of the molecule is CCCN(CCC)c1ccc(C(=O)N/C(N)=N\S(C)(=O)=O)cc1. The normalized spacial score (nSPS) is 12.0. The summed E-state index contributed by atoms with van der Waals surface area (Å²) in [6.45, 7) is 6.14. The Morgan fingerprint density at radius 3 is 2.13 bits per heavy atom. The first-order valence-electron chi connectivity index (χ1n) is 7.48. The lowest BCUT2D eigenvalue weighted by atomic mass is 10.1. The average Bonchev–Trinajstić information content (AvgIpc) is 2.45. The average molecular weight is 340 g/mol. The molecule has 0 radical (unpaired) electrons. The van der Waals surface area contributed by atoms with E-state index in [9.17, 15) is 13.2 Å². The summed E-state index contributed by atoms with van der Waals surface area (Å²) in [5.74, 6) is -0.945. The molecular formula is C15H24N4O3S. The molecule has 0 aliphatic carbocycles. The van der Waals surface area contributed by atoms with Gasteiger partial charge in [0.15, 0.2) is 0 Å². The first kappa shape index (κ1) is 19.0. The van der Waals surface area contributed by atoms with Gasteiger partial charge in [0, 0.05) is 24.3 Å². The van der Waals surface area contributed by atoms with Crippen molar-refractivity contribution >= 4 is 27.6 Å². The van der Waals surface area contributed by atoms with E-state index in [2.05, 4.69) is 28.5 Å². The van der Waals surface area contributed by atoms with Gasteiger partial charge < -0.3 is 10.6 Å². The number of carbonyl (C=O) groups is 1. The monoisotopic (exact) mass is 340 g/mol. The molecule has 3 N–H and O–H groups in total. The Labute approximate surface area is 137 Å². The number of rotatable bonds is 7. The molecule has 1 aromatic carbocycles. The van der Waals surface area contributed by atoms with Gasteiger partial charge in [0.05, 0.1) is 6.26 Å². The summed E-state index contributed by atoms with van der Waals surface area (Å²) >= 11 is 0. The number of guanidine groups is 1. The number of amides is 1. The number of nitrogens with two attached hydrogens (primary N) is 1. The maximum absolute atomic E-state index is 12.0. The van der Waals surface area contributed by atoms with Gasteiger partial charge in [-0.25, -0.2) is 8.42 Å². The van der Waals surface area contributed by atoms with Crippen LogP contribution >= 0.6 is 0 Å². The Hall–Kier alpha value is -2.09. The van der Waals surface area contributed by atoms with Crippen LogP contribution in [0.1, 0.15) is 37.0 Å². The first-order chi connectivity index (χ1) is 10.8. The van der Waals surface area contributed by atoms with Gasteiger partial charge in [-0.2, -0.15) is 0 Å². The van der Waals surface area contributed by atoms with Crippen molar-refractivity contribution < 1.29 is 13.2 Å². The van der Waals surface area contributed by atoms with Crippen LogP contribution in [0, 0.1) is 0 Å². The Morgan fingerprint density at radius 2 is 1.70 bits per heavy atom. The van der Waals surface area contributed by atoms with Crippen LogP contribution in [0.5, 0.6) is 0 Å². The molecule has 0 bridgehead atoms. The minimum absolute atomic E-state index is 0.383. The Morgan fingerprint density at radius 1 is 1.17 bits per heavy atom. The molecule has 0 aromatic heterocycles. The molecule has 0 unspecified atom stereocenters. The van der Waals surface area contributed by atoms with E-state index in [-0.39, 0.29) is 0 Å². The second-order valence-electron chi connectivity index (χ2n) is 5.20. The van der Waals surface area contributed by atoms with Gasteiger partial charge in [0.1, 0.15) is 0 Å². The van der Waals surface area contributed by atoms with Crippen molar-refractivity contribution in [2.24, 2.45) is 10.1 Å². The number of nitrogens with one attached hydrogen (secondary N) is 1. The number of hydrogen-bond acceptors (Lipinski definition) is 4. The highest BCUT2D eigenvalue weighted by atomic mass is 32.2. The number of hydrogen-bond donors (Lipinski definition) is 2. The molecule has 8 heteroatoms. The molecule has 7 nitrogen and oxygen atoms in total. The Balaban J connectivity index is 2.83. The van der Waals surface area contributed by atoms with Crippen LogP contribution in [0.15, 0.2) is 28.7 Å². The van der Waals surface area contributed by atoms with Crippen molar-refractivity contribution in [3.05, 3.63) is 29.8 Å². The van der Waals surface area contributed by atoms with E-state index < -0.39 is 21.9 Å². The van der Waals surface area contributed by atoms with Crippen LogP contribution in [0.25, 0.3) is 0 Å².